The monoisotopic (exact) mass is 302 g/mol. The third-order valence-corrected chi connectivity index (χ3v) is 5.11. The van der Waals surface area contributed by atoms with Gasteiger partial charge in [0.25, 0.3) is 10.0 Å². The minimum absolute atomic E-state index is 0.310. The number of sulfonamides is 1. The van der Waals surface area contributed by atoms with E-state index in [-0.39, 0.29) is 0 Å². The topological polar surface area (TPSA) is 58.2 Å². The quantitative estimate of drug-likeness (QED) is 0.913. The molecule has 4 nitrogen and oxygen atoms in total. The fraction of sp³-hybridized carbons (Fsp3) is 0.250. The molecular formula is C16H18N2O2S. The van der Waals surface area contributed by atoms with Crippen LogP contribution in [-0.2, 0) is 29.5 Å². The van der Waals surface area contributed by atoms with Crippen molar-refractivity contribution in [2.45, 2.75) is 31.3 Å². The standard InChI is InChI=1S/C16H18N2O2S/c1-2-12-3-6-15(7-4-12)18-21(19,20)16-8-5-13-10-17-11-14(13)9-16/h3-9,17-18H,2,10-11H2,1H3. The van der Waals surface area contributed by atoms with Crippen molar-refractivity contribution in [3.63, 3.8) is 0 Å². The molecule has 0 aromatic heterocycles. The molecule has 5 heteroatoms. The summed E-state index contributed by atoms with van der Waals surface area (Å²) in [6.07, 6.45) is 0.935. The lowest BCUT2D eigenvalue weighted by molar-refractivity contribution is 0.601. The molecule has 1 aliphatic heterocycles. The number of benzene rings is 2. The second-order valence-electron chi connectivity index (χ2n) is 5.19. The van der Waals surface area contributed by atoms with Gasteiger partial charge in [-0.15, -0.1) is 0 Å². The van der Waals surface area contributed by atoms with E-state index in [1.54, 1.807) is 24.3 Å². The van der Waals surface area contributed by atoms with Crippen molar-refractivity contribution in [3.8, 4) is 0 Å². The first-order chi connectivity index (χ1) is 10.1. The lowest BCUT2D eigenvalue weighted by Crippen LogP contribution is -2.13. The van der Waals surface area contributed by atoms with Gasteiger partial charge >= 0.3 is 0 Å². The SMILES string of the molecule is CCc1ccc(NS(=O)(=O)c2ccc3c(c2)CNC3)cc1. The minimum Gasteiger partial charge on any atom is -0.309 e. The fourth-order valence-electron chi connectivity index (χ4n) is 2.46. The van der Waals surface area contributed by atoms with E-state index in [9.17, 15) is 8.42 Å². The highest BCUT2D eigenvalue weighted by Gasteiger charge is 2.18. The molecule has 0 bridgehead atoms. The zero-order chi connectivity index (χ0) is 14.9. The summed E-state index contributed by atoms with van der Waals surface area (Å²) in [6, 6.07) is 12.8. The van der Waals surface area contributed by atoms with Crippen molar-refractivity contribution in [1.82, 2.24) is 5.32 Å². The van der Waals surface area contributed by atoms with Gasteiger partial charge in [0.1, 0.15) is 0 Å². The summed E-state index contributed by atoms with van der Waals surface area (Å²) >= 11 is 0. The van der Waals surface area contributed by atoms with Gasteiger partial charge in [-0.25, -0.2) is 8.42 Å². The third kappa shape index (κ3) is 2.94. The van der Waals surface area contributed by atoms with E-state index < -0.39 is 10.0 Å². The number of rotatable bonds is 4. The summed E-state index contributed by atoms with van der Waals surface area (Å²) in [6.45, 7) is 3.60. The molecule has 0 amide bonds. The van der Waals surface area contributed by atoms with Gasteiger partial charge in [-0.2, -0.15) is 0 Å². The number of fused-ring (bicyclic) bond motifs is 1. The molecule has 0 unspecified atom stereocenters. The van der Waals surface area contributed by atoms with E-state index in [0.29, 0.717) is 10.6 Å². The second-order valence-corrected chi connectivity index (χ2v) is 6.87. The van der Waals surface area contributed by atoms with Crippen LogP contribution in [0.15, 0.2) is 47.4 Å². The van der Waals surface area contributed by atoms with Crippen molar-refractivity contribution < 1.29 is 8.42 Å². The molecule has 0 radical (unpaired) electrons. The Labute approximate surface area is 125 Å². The van der Waals surface area contributed by atoms with E-state index in [4.69, 9.17) is 0 Å². The molecule has 0 atom stereocenters. The molecule has 0 aliphatic carbocycles. The molecule has 1 heterocycles. The van der Waals surface area contributed by atoms with Crippen molar-refractivity contribution in [1.29, 1.82) is 0 Å². The van der Waals surface area contributed by atoms with E-state index in [1.165, 1.54) is 11.1 Å². The molecule has 0 saturated heterocycles. The van der Waals surface area contributed by atoms with Crippen molar-refractivity contribution in [2.24, 2.45) is 0 Å². The van der Waals surface area contributed by atoms with E-state index >= 15 is 0 Å². The van der Waals surface area contributed by atoms with Gasteiger partial charge in [0.05, 0.1) is 4.90 Å². The molecule has 2 N–H and O–H groups in total. The number of hydrogen-bond acceptors (Lipinski definition) is 3. The number of anilines is 1. The van der Waals surface area contributed by atoms with Crippen LogP contribution in [0.2, 0.25) is 0 Å². The first-order valence-corrected chi connectivity index (χ1v) is 8.51. The summed E-state index contributed by atoms with van der Waals surface area (Å²) in [5.41, 5.74) is 3.99. The van der Waals surface area contributed by atoms with E-state index in [0.717, 1.165) is 25.1 Å². The Kier molecular flexibility index (Phi) is 3.69. The third-order valence-electron chi connectivity index (χ3n) is 3.73. The second kappa shape index (κ2) is 5.50. The Hall–Kier alpha value is -1.85. The Balaban J connectivity index is 1.86. The molecule has 0 spiro atoms. The first-order valence-electron chi connectivity index (χ1n) is 7.03. The van der Waals surface area contributed by atoms with E-state index in [1.807, 2.05) is 18.2 Å². The average molecular weight is 302 g/mol. The van der Waals surface area contributed by atoms with Gasteiger partial charge in [0.15, 0.2) is 0 Å². The van der Waals surface area contributed by atoms with Crippen LogP contribution in [0, 0.1) is 0 Å². The Bertz CT molecular complexity index is 752. The van der Waals surface area contributed by atoms with Crippen LogP contribution in [0.3, 0.4) is 0 Å². The molecule has 21 heavy (non-hydrogen) atoms. The fourth-order valence-corrected chi connectivity index (χ4v) is 3.57. The smallest absolute Gasteiger partial charge is 0.261 e. The summed E-state index contributed by atoms with van der Waals surface area (Å²) in [5, 5.41) is 3.21. The molecule has 1 aliphatic rings. The summed E-state index contributed by atoms with van der Waals surface area (Å²) < 4.78 is 27.5. The van der Waals surface area contributed by atoms with Crippen molar-refractivity contribution in [3.05, 3.63) is 59.2 Å². The summed E-state index contributed by atoms with van der Waals surface area (Å²) in [7, 11) is -3.53. The molecular weight excluding hydrogens is 284 g/mol. The van der Waals surface area contributed by atoms with Crippen LogP contribution >= 0.6 is 0 Å². The zero-order valence-electron chi connectivity index (χ0n) is 11.9. The van der Waals surface area contributed by atoms with E-state index in [2.05, 4.69) is 17.0 Å². The van der Waals surface area contributed by atoms with Crippen LogP contribution in [0.1, 0.15) is 23.6 Å². The lowest BCUT2D eigenvalue weighted by Gasteiger charge is -2.10. The largest absolute Gasteiger partial charge is 0.309 e. The van der Waals surface area contributed by atoms with Crippen LogP contribution in [0.5, 0.6) is 0 Å². The predicted molar refractivity (Wildman–Crippen MR) is 83.6 cm³/mol. The van der Waals surface area contributed by atoms with Crippen LogP contribution in [-0.4, -0.2) is 8.42 Å². The Morgan fingerprint density at radius 2 is 1.76 bits per heavy atom. The van der Waals surface area contributed by atoms with Crippen LogP contribution in [0.25, 0.3) is 0 Å². The Morgan fingerprint density at radius 1 is 1.05 bits per heavy atom. The Morgan fingerprint density at radius 3 is 2.48 bits per heavy atom. The predicted octanol–water partition coefficient (Wildman–Crippen LogP) is 2.65. The molecule has 0 saturated carbocycles. The number of aryl methyl sites for hydroxylation is 1. The van der Waals surface area contributed by atoms with Crippen molar-refractivity contribution in [2.75, 3.05) is 4.72 Å². The molecule has 0 fully saturated rings. The molecule has 2 aromatic rings. The molecule has 3 rings (SSSR count). The number of hydrogen-bond donors (Lipinski definition) is 2. The maximum Gasteiger partial charge on any atom is 0.261 e. The highest BCUT2D eigenvalue weighted by atomic mass is 32.2. The maximum absolute atomic E-state index is 12.4. The molecule has 110 valence electrons. The highest BCUT2D eigenvalue weighted by molar-refractivity contribution is 7.92. The maximum atomic E-state index is 12.4. The zero-order valence-corrected chi connectivity index (χ0v) is 12.7. The van der Waals surface area contributed by atoms with Gasteiger partial charge in [-0.1, -0.05) is 25.1 Å². The normalized spacial score (nSPS) is 14.0. The van der Waals surface area contributed by atoms with Crippen LogP contribution < -0.4 is 10.0 Å². The minimum atomic E-state index is -3.53. The lowest BCUT2D eigenvalue weighted by atomic mass is 10.1. The first kappa shape index (κ1) is 14.1. The summed E-state index contributed by atoms with van der Waals surface area (Å²) in [5.74, 6) is 0. The highest BCUT2D eigenvalue weighted by Crippen LogP contribution is 2.22. The van der Waals surface area contributed by atoms with Gasteiger partial charge in [-0.3, -0.25) is 4.72 Å². The van der Waals surface area contributed by atoms with Crippen LogP contribution in [0.4, 0.5) is 5.69 Å². The average Bonchev–Trinajstić information content (AvgIpc) is 2.95. The summed E-state index contributed by atoms with van der Waals surface area (Å²) in [4.78, 5) is 0.310. The van der Waals surface area contributed by atoms with Gasteiger partial charge in [0, 0.05) is 18.8 Å². The molecule has 2 aromatic carbocycles. The van der Waals surface area contributed by atoms with Gasteiger partial charge in [0.2, 0.25) is 0 Å². The van der Waals surface area contributed by atoms with Gasteiger partial charge < -0.3 is 5.32 Å². The van der Waals surface area contributed by atoms with Gasteiger partial charge in [-0.05, 0) is 47.4 Å². The number of nitrogens with one attached hydrogen (secondary N) is 2. The van der Waals surface area contributed by atoms with Crippen molar-refractivity contribution >= 4 is 15.7 Å².